The number of carbonyl (C=O) groups is 1. The number of aryl methyl sites for hydroxylation is 1. The van der Waals surface area contributed by atoms with E-state index in [0.29, 0.717) is 22.2 Å². The fourth-order valence-corrected chi connectivity index (χ4v) is 5.33. The minimum absolute atomic E-state index is 0.0612. The molecule has 0 atom stereocenters. The van der Waals surface area contributed by atoms with E-state index < -0.39 is 0 Å². The number of carbonyl (C=O) groups excluding carboxylic acids is 1. The van der Waals surface area contributed by atoms with Gasteiger partial charge in [0.05, 0.1) is 16.7 Å². The number of fused-ring (bicyclic) bond motifs is 3. The maximum atomic E-state index is 12.8. The van der Waals surface area contributed by atoms with E-state index in [-0.39, 0.29) is 17.1 Å². The average Bonchev–Trinajstić information content (AvgIpc) is 3.26. The van der Waals surface area contributed by atoms with Crippen LogP contribution in [0.5, 0.6) is 0 Å². The van der Waals surface area contributed by atoms with Gasteiger partial charge in [0, 0.05) is 12.6 Å². The average molecular weight is 433 g/mol. The monoisotopic (exact) mass is 432 g/mol. The number of Topliss-reactive ketones (excluding diaryl/α,β-unsaturated/α-hetero) is 1. The van der Waals surface area contributed by atoms with Gasteiger partial charge in [-0.15, -0.1) is 10.2 Å². The highest BCUT2D eigenvalue weighted by atomic mass is 32.2. The lowest BCUT2D eigenvalue weighted by Crippen LogP contribution is -2.20. The zero-order valence-electron chi connectivity index (χ0n) is 17.5. The zero-order valence-corrected chi connectivity index (χ0v) is 18.3. The minimum atomic E-state index is -0.110. The Morgan fingerprint density at radius 3 is 2.55 bits per heavy atom. The van der Waals surface area contributed by atoms with Crippen LogP contribution < -0.4 is 5.56 Å². The molecule has 0 N–H and O–H groups in total. The van der Waals surface area contributed by atoms with Crippen molar-refractivity contribution in [2.24, 2.45) is 7.05 Å². The summed E-state index contributed by atoms with van der Waals surface area (Å²) < 4.78 is 3.34. The van der Waals surface area contributed by atoms with Crippen molar-refractivity contribution < 1.29 is 4.79 Å². The van der Waals surface area contributed by atoms with Crippen LogP contribution in [0, 0.1) is 0 Å². The van der Waals surface area contributed by atoms with E-state index in [4.69, 9.17) is 0 Å². The maximum Gasteiger partial charge on any atom is 0.262 e. The third-order valence-corrected chi connectivity index (χ3v) is 7.17. The van der Waals surface area contributed by atoms with Gasteiger partial charge in [-0.1, -0.05) is 67.4 Å². The Balaban J connectivity index is 1.37. The molecule has 0 aliphatic heterocycles. The summed E-state index contributed by atoms with van der Waals surface area (Å²) in [6.07, 6.45) is 6.44. The Kier molecular flexibility index (Phi) is 5.36. The van der Waals surface area contributed by atoms with Gasteiger partial charge in [-0.2, -0.15) is 0 Å². The number of hydrogen-bond acceptors (Lipinski definition) is 5. The van der Waals surface area contributed by atoms with Gasteiger partial charge in [-0.3, -0.25) is 18.6 Å². The third-order valence-electron chi connectivity index (χ3n) is 6.24. The van der Waals surface area contributed by atoms with E-state index in [1.54, 1.807) is 13.1 Å². The van der Waals surface area contributed by atoms with Gasteiger partial charge < -0.3 is 0 Å². The molecule has 2 heterocycles. The maximum absolute atomic E-state index is 12.8. The van der Waals surface area contributed by atoms with Crippen molar-refractivity contribution in [1.29, 1.82) is 0 Å². The number of hydrogen-bond donors (Lipinski definition) is 0. The van der Waals surface area contributed by atoms with Crippen LogP contribution in [-0.4, -0.2) is 30.7 Å². The normalized spacial score (nSPS) is 15.0. The summed E-state index contributed by atoms with van der Waals surface area (Å²) >= 11 is 1.35. The van der Waals surface area contributed by atoms with Crippen LogP contribution in [0.1, 0.15) is 53.9 Å². The molecule has 1 fully saturated rings. The van der Waals surface area contributed by atoms with Gasteiger partial charge in [0.1, 0.15) is 0 Å². The number of nitrogens with zero attached hydrogens (tertiary/aromatic N) is 4. The van der Waals surface area contributed by atoms with Crippen molar-refractivity contribution >= 4 is 34.2 Å². The molecule has 2 aromatic heterocycles. The fourth-order valence-electron chi connectivity index (χ4n) is 4.50. The molecule has 0 saturated heterocycles. The van der Waals surface area contributed by atoms with Crippen molar-refractivity contribution in [3.63, 3.8) is 0 Å². The van der Waals surface area contributed by atoms with Gasteiger partial charge in [0.15, 0.2) is 10.9 Å². The van der Waals surface area contributed by atoms with E-state index in [1.807, 2.05) is 34.7 Å². The molecular formula is C24H24N4O2S. The predicted octanol–water partition coefficient (Wildman–Crippen LogP) is 4.60. The van der Waals surface area contributed by atoms with Gasteiger partial charge >= 0.3 is 0 Å². The Morgan fingerprint density at radius 1 is 1.03 bits per heavy atom. The second-order valence-electron chi connectivity index (χ2n) is 8.17. The minimum Gasteiger partial charge on any atom is -0.293 e. The topological polar surface area (TPSA) is 69.3 Å². The molecule has 0 amide bonds. The van der Waals surface area contributed by atoms with Crippen LogP contribution >= 0.6 is 11.8 Å². The number of benzene rings is 2. The molecule has 0 unspecified atom stereocenters. The first-order chi connectivity index (χ1) is 15.1. The lowest BCUT2D eigenvalue weighted by Gasteiger charge is -2.22. The Bertz CT molecular complexity index is 1320. The van der Waals surface area contributed by atoms with Crippen molar-refractivity contribution in [3.8, 4) is 0 Å². The molecule has 1 aliphatic carbocycles. The van der Waals surface area contributed by atoms with Crippen LogP contribution in [-0.2, 0) is 7.05 Å². The highest BCUT2D eigenvalue weighted by molar-refractivity contribution is 7.99. The van der Waals surface area contributed by atoms with E-state index in [0.717, 1.165) is 11.1 Å². The Labute approximate surface area is 184 Å². The summed E-state index contributed by atoms with van der Waals surface area (Å²) in [5.74, 6) is 1.43. The summed E-state index contributed by atoms with van der Waals surface area (Å²) in [7, 11) is 1.69. The van der Waals surface area contributed by atoms with Crippen LogP contribution in [0.25, 0.3) is 16.7 Å². The number of ketones is 1. The van der Waals surface area contributed by atoms with E-state index in [1.165, 1.54) is 54.0 Å². The molecule has 1 saturated carbocycles. The standard InChI is InChI=1S/C24H24N4O2S/c1-27-22(30)19-9-5-6-10-20(19)28-23(27)25-26-24(28)31-15-21(29)18-13-11-17(12-14-18)16-7-3-2-4-8-16/h5-6,9-14,16H,2-4,7-8,15H2,1H3. The summed E-state index contributed by atoms with van der Waals surface area (Å²) in [4.78, 5) is 25.4. The van der Waals surface area contributed by atoms with Crippen molar-refractivity contribution in [3.05, 3.63) is 70.0 Å². The number of rotatable bonds is 5. The van der Waals surface area contributed by atoms with Crippen LogP contribution in [0.4, 0.5) is 0 Å². The first kappa shape index (κ1) is 20.0. The highest BCUT2D eigenvalue weighted by Gasteiger charge is 2.18. The van der Waals surface area contributed by atoms with Crippen molar-refractivity contribution in [2.75, 3.05) is 5.75 Å². The van der Waals surface area contributed by atoms with Crippen molar-refractivity contribution in [1.82, 2.24) is 19.2 Å². The van der Waals surface area contributed by atoms with E-state index >= 15 is 0 Å². The first-order valence-corrected chi connectivity index (χ1v) is 11.7. The SMILES string of the molecule is Cn1c(=O)c2ccccc2n2c(SCC(=O)c3ccc(C4CCCCC4)cc3)nnc12. The molecule has 31 heavy (non-hydrogen) atoms. The van der Waals surface area contributed by atoms with Crippen LogP contribution in [0.2, 0.25) is 0 Å². The van der Waals surface area contributed by atoms with E-state index in [2.05, 4.69) is 22.3 Å². The fraction of sp³-hybridized carbons (Fsp3) is 0.333. The Hall–Kier alpha value is -2.93. The lowest BCUT2D eigenvalue weighted by atomic mass is 9.84. The number of thioether (sulfide) groups is 1. The summed E-state index contributed by atoms with van der Waals surface area (Å²) in [6, 6.07) is 15.5. The van der Waals surface area contributed by atoms with E-state index in [9.17, 15) is 9.59 Å². The largest absolute Gasteiger partial charge is 0.293 e. The molecule has 0 bridgehead atoms. The second-order valence-corrected chi connectivity index (χ2v) is 9.11. The number of para-hydroxylation sites is 1. The third kappa shape index (κ3) is 3.67. The molecule has 7 heteroatoms. The molecule has 2 aromatic carbocycles. The van der Waals surface area contributed by atoms with Crippen LogP contribution in [0.3, 0.4) is 0 Å². The summed E-state index contributed by atoms with van der Waals surface area (Å²) in [5, 5.41) is 9.65. The zero-order chi connectivity index (χ0) is 21.4. The molecule has 0 radical (unpaired) electrons. The molecular weight excluding hydrogens is 408 g/mol. The van der Waals surface area contributed by atoms with Gasteiger partial charge in [0.2, 0.25) is 5.78 Å². The second kappa shape index (κ2) is 8.30. The summed E-state index contributed by atoms with van der Waals surface area (Å²) in [5.41, 5.74) is 2.71. The molecule has 0 spiro atoms. The predicted molar refractivity (Wildman–Crippen MR) is 123 cm³/mol. The van der Waals surface area contributed by atoms with Gasteiger partial charge in [-0.05, 0) is 36.5 Å². The molecule has 158 valence electrons. The summed E-state index contributed by atoms with van der Waals surface area (Å²) in [6.45, 7) is 0. The molecule has 5 rings (SSSR count). The van der Waals surface area contributed by atoms with Crippen molar-refractivity contribution in [2.45, 2.75) is 43.2 Å². The van der Waals surface area contributed by atoms with Gasteiger partial charge in [-0.25, -0.2) is 0 Å². The Morgan fingerprint density at radius 2 is 1.77 bits per heavy atom. The number of aromatic nitrogens is 4. The first-order valence-electron chi connectivity index (χ1n) is 10.7. The highest BCUT2D eigenvalue weighted by Crippen LogP contribution is 2.32. The van der Waals surface area contributed by atoms with Gasteiger partial charge in [0.25, 0.3) is 5.56 Å². The van der Waals surface area contributed by atoms with Crippen LogP contribution in [0.15, 0.2) is 58.5 Å². The lowest BCUT2D eigenvalue weighted by molar-refractivity contribution is 0.102. The smallest absolute Gasteiger partial charge is 0.262 e. The quantitative estimate of drug-likeness (QED) is 0.340. The molecule has 6 nitrogen and oxygen atoms in total. The molecule has 1 aliphatic rings. The molecule has 4 aromatic rings.